The maximum Gasteiger partial charge on any atom is 0.341 e. The molecular weight excluding hydrogens is 206 g/mol. The van der Waals surface area contributed by atoms with Crippen molar-refractivity contribution in [3.05, 3.63) is 29.6 Å². The second-order valence-corrected chi connectivity index (χ2v) is 2.97. The number of pyridine rings is 1. The molecule has 1 N–H and O–H groups in total. The number of halogens is 1. The normalized spacial score (nSPS) is 13.3. The number of aromatic nitrogens is 1. The van der Waals surface area contributed by atoms with Crippen LogP contribution in [-0.2, 0) is 6.54 Å². The number of carboxylic acids is 1. The molecule has 0 aromatic carbocycles. The molecule has 0 radical (unpaired) electrons. The summed E-state index contributed by atoms with van der Waals surface area (Å²) in [5.74, 6) is -0.883. The molecule has 0 bridgehead atoms. The van der Waals surface area contributed by atoms with Crippen molar-refractivity contribution in [1.29, 1.82) is 0 Å². The molecule has 2 heterocycles. The van der Waals surface area contributed by atoms with Gasteiger partial charge in [0.2, 0.25) is 11.5 Å². The number of Topliss-reactive ketones (excluding diaryl/α,β-unsaturated/α-hetero) is 1. The second-order valence-electron chi connectivity index (χ2n) is 2.97. The average Bonchev–Trinajstić information content (AvgIpc) is 2.47. The fourth-order valence-electron chi connectivity index (χ4n) is 1.46. The summed E-state index contributed by atoms with van der Waals surface area (Å²) in [6.07, 6.45) is 1.98. The molecule has 1 aliphatic rings. The predicted molar refractivity (Wildman–Crippen MR) is 42.5 cm³/mol. The predicted octanol–water partition coefficient (Wildman–Crippen LogP) is -2.74. The van der Waals surface area contributed by atoms with E-state index in [1.807, 2.05) is 0 Å². The molecule has 0 atom stereocenters. The molecule has 0 saturated heterocycles. The maximum atomic E-state index is 11.2. The van der Waals surface area contributed by atoms with Gasteiger partial charge in [0.25, 0.3) is 0 Å². The molecule has 1 aliphatic heterocycles. The number of carbonyl (C=O) groups is 2. The van der Waals surface area contributed by atoms with Crippen molar-refractivity contribution >= 4 is 11.8 Å². The van der Waals surface area contributed by atoms with E-state index in [2.05, 4.69) is 0 Å². The number of ketones is 1. The Morgan fingerprint density at radius 1 is 1.43 bits per heavy atom. The maximum absolute atomic E-state index is 11.2. The van der Waals surface area contributed by atoms with E-state index in [0.29, 0.717) is 18.7 Å². The zero-order chi connectivity index (χ0) is 9.42. The van der Waals surface area contributed by atoms with Crippen LogP contribution in [0.25, 0.3) is 0 Å². The Morgan fingerprint density at radius 2 is 2.14 bits per heavy atom. The lowest BCUT2D eigenvalue weighted by Gasteiger charge is -1.93. The minimum atomic E-state index is -0.963. The van der Waals surface area contributed by atoms with Gasteiger partial charge in [0, 0.05) is 6.07 Å². The third-order valence-electron chi connectivity index (χ3n) is 2.14. The van der Waals surface area contributed by atoms with Crippen LogP contribution >= 0.6 is 0 Å². The molecule has 0 spiro atoms. The van der Waals surface area contributed by atoms with Crippen molar-refractivity contribution < 1.29 is 31.7 Å². The number of aryl methyl sites for hydroxylation is 1. The Hall–Kier alpha value is -1.42. The largest absolute Gasteiger partial charge is 1.00 e. The van der Waals surface area contributed by atoms with Crippen LogP contribution < -0.4 is 17.0 Å². The van der Waals surface area contributed by atoms with E-state index in [1.165, 1.54) is 12.3 Å². The fourth-order valence-corrected chi connectivity index (χ4v) is 1.46. The second kappa shape index (κ2) is 3.75. The summed E-state index contributed by atoms with van der Waals surface area (Å²) in [7, 11) is 0. The van der Waals surface area contributed by atoms with Crippen molar-refractivity contribution in [2.75, 3.05) is 0 Å². The SMILES string of the molecule is O=C(O)c1ccc2[n+](c1)CCC2=O.[Cl-]. The Balaban J connectivity index is 0.000000980. The van der Waals surface area contributed by atoms with E-state index in [1.54, 1.807) is 10.6 Å². The third kappa shape index (κ3) is 1.61. The van der Waals surface area contributed by atoms with Crippen LogP contribution in [0.5, 0.6) is 0 Å². The molecular formula is C9H8ClNO3. The van der Waals surface area contributed by atoms with E-state index >= 15 is 0 Å². The van der Waals surface area contributed by atoms with Gasteiger partial charge in [-0.05, 0) is 6.07 Å². The number of nitrogens with zero attached hydrogens (tertiary/aromatic N) is 1. The van der Waals surface area contributed by atoms with Crippen LogP contribution in [0.15, 0.2) is 18.3 Å². The van der Waals surface area contributed by atoms with E-state index < -0.39 is 5.97 Å². The number of rotatable bonds is 1. The zero-order valence-electron chi connectivity index (χ0n) is 7.24. The van der Waals surface area contributed by atoms with Crippen LogP contribution in [0.1, 0.15) is 27.3 Å². The average molecular weight is 214 g/mol. The Labute approximate surface area is 86.6 Å². The number of carboxylic acid groups (broad SMARTS) is 1. The highest BCUT2D eigenvalue weighted by atomic mass is 35.5. The Morgan fingerprint density at radius 3 is 2.79 bits per heavy atom. The summed E-state index contributed by atoms with van der Waals surface area (Å²) >= 11 is 0. The zero-order valence-corrected chi connectivity index (χ0v) is 7.99. The number of hydrogen-bond donors (Lipinski definition) is 1. The molecule has 0 saturated carbocycles. The Bertz CT molecular complexity index is 403. The molecule has 4 nitrogen and oxygen atoms in total. The van der Waals surface area contributed by atoms with Gasteiger partial charge in [-0.1, -0.05) is 0 Å². The lowest BCUT2D eigenvalue weighted by Crippen LogP contribution is -3.00. The smallest absolute Gasteiger partial charge is 0.341 e. The third-order valence-corrected chi connectivity index (χ3v) is 2.14. The van der Waals surface area contributed by atoms with Crippen LogP contribution in [0, 0.1) is 0 Å². The molecule has 14 heavy (non-hydrogen) atoms. The highest BCUT2D eigenvalue weighted by molar-refractivity contribution is 5.94. The molecule has 2 rings (SSSR count). The molecule has 0 amide bonds. The van der Waals surface area contributed by atoms with Gasteiger partial charge in [0.05, 0.1) is 6.42 Å². The number of carbonyl (C=O) groups excluding carboxylic acids is 1. The van der Waals surface area contributed by atoms with Crippen molar-refractivity contribution in [3.63, 3.8) is 0 Å². The molecule has 0 aliphatic carbocycles. The van der Waals surface area contributed by atoms with Crippen LogP contribution in [0.2, 0.25) is 0 Å². The number of hydrogen-bond acceptors (Lipinski definition) is 2. The Kier molecular flexibility index (Phi) is 2.86. The summed E-state index contributed by atoms with van der Waals surface area (Å²) in [6.45, 7) is 0.593. The molecule has 5 heteroatoms. The quantitative estimate of drug-likeness (QED) is 0.515. The highest BCUT2D eigenvalue weighted by Gasteiger charge is 2.28. The summed E-state index contributed by atoms with van der Waals surface area (Å²) in [4.78, 5) is 21.8. The van der Waals surface area contributed by atoms with E-state index in [0.717, 1.165) is 0 Å². The molecule has 1 aromatic rings. The van der Waals surface area contributed by atoms with Crippen molar-refractivity contribution in [1.82, 2.24) is 0 Å². The summed E-state index contributed by atoms with van der Waals surface area (Å²) < 4.78 is 1.69. The van der Waals surface area contributed by atoms with Crippen LogP contribution in [0.4, 0.5) is 0 Å². The summed E-state index contributed by atoms with van der Waals surface area (Å²) in [5, 5.41) is 8.68. The number of fused-ring (bicyclic) bond motifs is 1. The van der Waals surface area contributed by atoms with Crippen molar-refractivity contribution in [2.24, 2.45) is 0 Å². The fraction of sp³-hybridized carbons (Fsp3) is 0.222. The van der Waals surface area contributed by atoms with Crippen LogP contribution in [-0.4, -0.2) is 16.9 Å². The van der Waals surface area contributed by atoms with Gasteiger partial charge in [0.15, 0.2) is 12.7 Å². The highest BCUT2D eigenvalue weighted by Crippen LogP contribution is 2.07. The number of aromatic carboxylic acids is 1. The van der Waals surface area contributed by atoms with Gasteiger partial charge in [-0.3, -0.25) is 4.79 Å². The summed E-state index contributed by atoms with van der Waals surface area (Å²) in [5.41, 5.74) is 0.823. The first-order valence-corrected chi connectivity index (χ1v) is 3.98. The van der Waals surface area contributed by atoms with Crippen molar-refractivity contribution in [3.8, 4) is 0 Å². The topological polar surface area (TPSA) is 58.2 Å². The monoisotopic (exact) mass is 213 g/mol. The minimum absolute atomic E-state index is 0. The standard InChI is InChI=1S/C9H7NO3.ClH/c11-8-3-4-10-5-6(9(12)13)1-2-7(8)10;/h1-2,5H,3-4H2;1H. The van der Waals surface area contributed by atoms with E-state index in [-0.39, 0.29) is 23.8 Å². The van der Waals surface area contributed by atoms with Crippen molar-refractivity contribution in [2.45, 2.75) is 13.0 Å². The molecule has 74 valence electrons. The lowest BCUT2D eigenvalue weighted by molar-refractivity contribution is -0.689. The van der Waals surface area contributed by atoms with Crippen LogP contribution in [0.3, 0.4) is 0 Å². The minimum Gasteiger partial charge on any atom is -1.00 e. The molecule has 1 aromatic heterocycles. The van der Waals surface area contributed by atoms with Gasteiger partial charge in [0.1, 0.15) is 5.56 Å². The first kappa shape index (κ1) is 10.7. The lowest BCUT2D eigenvalue weighted by atomic mass is 10.2. The molecule has 0 unspecified atom stereocenters. The van der Waals surface area contributed by atoms with Gasteiger partial charge in [-0.2, -0.15) is 4.57 Å². The first-order chi connectivity index (χ1) is 6.18. The van der Waals surface area contributed by atoms with Gasteiger partial charge in [-0.15, -0.1) is 0 Å². The molecule has 0 fully saturated rings. The van der Waals surface area contributed by atoms with E-state index in [4.69, 9.17) is 5.11 Å². The summed E-state index contributed by atoms with van der Waals surface area (Å²) in [6, 6.07) is 3.02. The van der Waals surface area contributed by atoms with Gasteiger partial charge in [-0.25, -0.2) is 4.79 Å². The van der Waals surface area contributed by atoms with Gasteiger partial charge >= 0.3 is 5.97 Å². The van der Waals surface area contributed by atoms with E-state index in [9.17, 15) is 9.59 Å². The van der Waals surface area contributed by atoms with Gasteiger partial charge < -0.3 is 17.5 Å². The first-order valence-electron chi connectivity index (χ1n) is 3.98.